The average Bonchev–Trinajstić information content (AvgIpc) is 2.83. The Labute approximate surface area is 185 Å². The number of carbonyl (C=O) groups excluding carboxylic acids is 3. The standard InChI is InChI=1S/C25H22N2O5/c1-17-12-14-18(15-13-17)21(28)16-22(29)23(30)26-27-24(31)25(32,19-8-4-2-5-9-19)20-10-6-3-7-11-20/h2-16,28,32H,1H3,(H,26,30)(H,27,31)/b21-16-. The number of nitrogens with one attached hydrogen (secondary N) is 2. The summed E-state index contributed by atoms with van der Waals surface area (Å²) in [5, 5.41) is 21.4. The highest BCUT2D eigenvalue weighted by Gasteiger charge is 2.40. The molecule has 0 unspecified atom stereocenters. The lowest BCUT2D eigenvalue weighted by Gasteiger charge is -2.27. The minimum atomic E-state index is -2.11. The molecule has 4 N–H and O–H groups in total. The number of aryl methyl sites for hydroxylation is 1. The van der Waals surface area contributed by atoms with Crippen molar-refractivity contribution in [3.8, 4) is 0 Å². The Morgan fingerprint density at radius 2 is 1.28 bits per heavy atom. The highest BCUT2D eigenvalue weighted by atomic mass is 16.3. The molecule has 32 heavy (non-hydrogen) atoms. The quantitative estimate of drug-likeness (QED) is 0.208. The third-order valence-corrected chi connectivity index (χ3v) is 4.84. The maximum Gasteiger partial charge on any atom is 0.310 e. The van der Waals surface area contributed by atoms with Crippen LogP contribution in [0.2, 0.25) is 0 Å². The number of amides is 2. The molecule has 0 atom stereocenters. The number of benzene rings is 3. The van der Waals surface area contributed by atoms with E-state index in [1.807, 2.05) is 12.3 Å². The summed E-state index contributed by atoms with van der Waals surface area (Å²) in [5.41, 5.74) is 3.87. The molecule has 3 aromatic carbocycles. The van der Waals surface area contributed by atoms with Crippen LogP contribution in [-0.2, 0) is 20.0 Å². The van der Waals surface area contributed by atoms with Crippen LogP contribution < -0.4 is 10.9 Å². The van der Waals surface area contributed by atoms with E-state index in [9.17, 15) is 24.6 Å². The van der Waals surface area contributed by atoms with Gasteiger partial charge in [-0.05, 0) is 18.1 Å². The van der Waals surface area contributed by atoms with Gasteiger partial charge in [-0.25, -0.2) is 0 Å². The van der Waals surface area contributed by atoms with Crippen molar-refractivity contribution < 1.29 is 24.6 Å². The predicted molar refractivity (Wildman–Crippen MR) is 119 cm³/mol. The van der Waals surface area contributed by atoms with Crippen molar-refractivity contribution in [2.45, 2.75) is 12.5 Å². The van der Waals surface area contributed by atoms with Gasteiger partial charge in [0.05, 0.1) is 0 Å². The third kappa shape index (κ3) is 4.91. The minimum Gasteiger partial charge on any atom is -0.507 e. The molecule has 7 heteroatoms. The molecule has 0 saturated heterocycles. The van der Waals surface area contributed by atoms with E-state index in [-0.39, 0.29) is 16.9 Å². The van der Waals surface area contributed by atoms with Crippen molar-refractivity contribution in [3.05, 3.63) is 113 Å². The second-order valence-corrected chi connectivity index (χ2v) is 7.11. The van der Waals surface area contributed by atoms with Crippen LogP contribution in [0, 0.1) is 6.92 Å². The van der Waals surface area contributed by atoms with Crippen LogP contribution in [0.1, 0.15) is 22.3 Å². The van der Waals surface area contributed by atoms with Crippen LogP contribution in [-0.4, -0.2) is 27.8 Å². The van der Waals surface area contributed by atoms with Gasteiger partial charge in [0.25, 0.3) is 5.91 Å². The first-order valence-electron chi connectivity index (χ1n) is 9.78. The fraction of sp³-hybridized carbons (Fsp3) is 0.0800. The van der Waals surface area contributed by atoms with E-state index in [0.717, 1.165) is 11.6 Å². The lowest BCUT2D eigenvalue weighted by molar-refractivity contribution is -0.142. The number of carbonyl (C=O) groups is 3. The Kier molecular flexibility index (Phi) is 6.82. The van der Waals surface area contributed by atoms with Gasteiger partial charge < -0.3 is 10.2 Å². The molecule has 3 rings (SSSR count). The van der Waals surface area contributed by atoms with Crippen LogP contribution in [0.25, 0.3) is 5.76 Å². The monoisotopic (exact) mass is 430 g/mol. The van der Waals surface area contributed by atoms with Gasteiger partial charge in [0.15, 0.2) is 5.60 Å². The molecule has 162 valence electrons. The highest BCUT2D eigenvalue weighted by molar-refractivity contribution is 6.41. The smallest absolute Gasteiger partial charge is 0.310 e. The molecule has 0 saturated carbocycles. The molecule has 0 fully saturated rings. The van der Waals surface area contributed by atoms with Crippen LogP contribution in [0.15, 0.2) is 91.0 Å². The molecule has 0 spiro atoms. The lowest BCUT2D eigenvalue weighted by atomic mass is 9.85. The van der Waals surface area contributed by atoms with E-state index in [0.29, 0.717) is 5.56 Å². The molecule has 0 aliphatic carbocycles. The van der Waals surface area contributed by atoms with Crippen molar-refractivity contribution in [1.82, 2.24) is 10.9 Å². The van der Waals surface area contributed by atoms with Crippen LogP contribution in [0.5, 0.6) is 0 Å². The molecule has 0 aliphatic rings. The maximum absolute atomic E-state index is 12.9. The summed E-state index contributed by atoms with van der Waals surface area (Å²) >= 11 is 0. The molecule has 2 amide bonds. The van der Waals surface area contributed by atoms with E-state index in [4.69, 9.17) is 0 Å². The molecule has 0 radical (unpaired) electrons. The molecule has 3 aromatic rings. The zero-order valence-corrected chi connectivity index (χ0v) is 17.3. The Hall–Kier alpha value is -4.23. The van der Waals surface area contributed by atoms with Crippen molar-refractivity contribution in [1.29, 1.82) is 0 Å². The van der Waals surface area contributed by atoms with E-state index in [2.05, 4.69) is 5.43 Å². The van der Waals surface area contributed by atoms with Crippen molar-refractivity contribution in [3.63, 3.8) is 0 Å². The lowest BCUT2D eigenvalue weighted by Crippen LogP contribution is -2.53. The van der Waals surface area contributed by atoms with Gasteiger partial charge in [0, 0.05) is 11.6 Å². The van der Waals surface area contributed by atoms with Gasteiger partial charge in [-0.1, -0.05) is 90.5 Å². The summed E-state index contributed by atoms with van der Waals surface area (Å²) in [7, 11) is 0. The summed E-state index contributed by atoms with van der Waals surface area (Å²) in [4.78, 5) is 37.2. The Morgan fingerprint density at radius 1 is 0.781 bits per heavy atom. The van der Waals surface area contributed by atoms with Crippen molar-refractivity contribution >= 4 is 23.4 Å². The highest BCUT2D eigenvalue weighted by Crippen LogP contribution is 2.29. The fourth-order valence-electron chi connectivity index (χ4n) is 3.05. The Bertz CT molecular complexity index is 1100. The van der Waals surface area contributed by atoms with E-state index >= 15 is 0 Å². The molecule has 0 aromatic heterocycles. The van der Waals surface area contributed by atoms with Gasteiger partial charge in [-0.2, -0.15) is 0 Å². The fourth-order valence-corrected chi connectivity index (χ4v) is 3.05. The summed E-state index contributed by atoms with van der Waals surface area (Å²) in [5.74, 6) is -3.60. The Morgan fingerprint density at radius 3 is 1.78 bits per heavy atom. The van der Waals surface area contributed by atoms with Crippen molar-refractivity contribution in [2.24, 2.45) is 0 Å². The molecular formula is C25H22N2O5. The summed E-state index contributed by atoms with van der Waals surface area (Å²) in [6, 6.07) is 23.1. The van der Waals surface area contributed by atoms with E-state index in [1.165, 1.54) is 0 Å². The summed E-state index contributed by atoms with van der Waals surface area (Å²) in [6.07, 6.45) is 0.757. The first-order chi connectivity index (χ1) is 15.3. The molecule has 0 aliphatic heterocycles. The molecule has 7 nitrogen and oxygen atoms in total. The normalized spacial score (nSPS) is 11.5. The van der Waals surface area contributed by atoms with Gasteiger partial charge in [-0.15, -0.1) is 0 Å². The SMILES string of the molecule is Cc1ccc(/C(O)=C/C(=O)C(=O)NNC(=O)C(O)(c2ccccc2)c2ccccc2)cc1. The number of aliphatic hydroxyl groups is 2. The van der Waals surface area contributed by atoms with Gasteiger partial charge in [0.1, 0.15) is 5.76 Å². The van der Waals surface area contributed by atoms with E-state index in [1.54, 1.807) is 84.9 Å². The topological polar surface area (TPSA) is 116 Å². The zero-order chi connectivity index (χ0) is 23.1. The van der Waals surface area contributed by atoms with E-state index < -0.39 is 23.2 Å². The van der Waals surface area contributed by atoms with Crippen LogP contribution >= 0.6 is 0 Å². The Balaban J connectivity index is 1.75. The van der Waals surface area contributed by atoms with Crippen molar-refractivity contribution in [2.75, 3.05) is 0 Å². The second kappa shape index (κ2) is 9.72. The van der Waals surface area contributed by atoms with Crippen LogP contribution in [0.3, 0.4) is 0 Å². The number of hydrogen-bond donors (Lipinski definition) is 4. The van der Waals surface area contributed by atoms with Crippen LogP contribution in [0.4, 0.5) is 0 Å². The molecule has 0 bridgehead atoms. The predicted octanol–water partition coefficient (Wildman–Crippen LogP) is 2.55. The third-order valence-electron chi connectivity index (χ3n) is 4.84. The first kappa shape index (κ1) is 22.5. The zero-order valence-electron chi connectivity index (χ0n) is 17.3. The maximum atomic E-state index is 12.9. The number of ketones is 1. The van der Waals surface area contributed by atoms with Gasteiger partial charge in [0.2, 0.25) is 5.78 Å². The van der Waals surface area contributed by atoms with Gasteiger partial charge in [-0.3, -0.25) is 25.2 Å². The van der Waals surface area contributed by atoms with Gasteiger partial charge >= 0.3 is 5.91 Å². The molecular weight excluding hydrogens is 408 g/mol. The largest absolute Gasteiger partial charge is 0.507 e. The molecule has 0 heterocycles. The average molecular weight is 430 g/mol. The second-order valence-electron chi connectivity index (χ2n) is 7.11. The summed E-state index contributed by atoms with van der Waals surface area (Å²) in [6.45, 7) is 1.87. The minimum absolute atomic E-state index is 0.279. The summed E-state index contributed by atoms with van der Waals surface area (Å²) < 4.78 is 0. The number of rotatable bonds is 6. The first-order valence-corrected chi connectivity index (χ1v) is 9.78. The number of aliphatic hydroxyl groups excluding tert-OH is 1. The number of hydrazine groups is 1. The number of hydrogen-bond acceptors (Lipinski definition) is 5.